The van der Waals surface area contributed by atoms with Crippen LogP contribution >= 0.6 is 15.9 Å². The van der Waals surface area contributed by atoms with Gasteiger partial charge in [-0.1, -0.05) is 35.0 Å². The van der Waals surface area contributed by atoms with Gasteiger partial charge in [-0.3, -0.25) is 0 Å². The summed E-state index contributed by atoms with van der Waals surface area (Å²) in [6, 6.07) is 4.83. The van der Waals surface area contributed by atoms with Crippen LogP contribution in [-0.4, -0.2) is 6.36 Å². The van der Waals surface area contributed by atoms with Gasteiger partial charge < -0.3 is 4.74 Å². The number of alkyl halides is 4. The molecule has 0 saturated carbocycles. The van der Waals surface area contributed by atoms with E-state index in [1.54, 1.807) is 19.1 Å². The van der Waals surface area contributed by atoms with E-state index in [1.165, 1.54) is 6.07 Å². The summed E-state index contributed by atoms with van der Waals surface area (Å²) in [4.78, 5) is 0. The Labute approximate surface area is 94.4 Å². The van der Waals surface area contributed by atoms with Gasteiger partial charge in [0, 0.05) is 5.33 Å². The monoisotopic (exact) mass is 282 g/mol. The molecular weight excluding hydrogens is 273 g/mol. The Morgan fingerprint density at radius 1 is 1.33 bits per heavy atom. The number of benzene rings is 1. The summed E-state index contributed by atoms with van der Waals surface area (Å²) in [7, 11) is 0. The molecule has 0 radical (unpaired) electrons. The van der Waals surface area contributed by atoms with Crippen molar-refractivity contribution in [1.82, 2.24) is 0 Å². The van der Waals surface area contributed by atoms with Gasteiger partial charge in [0.25, 0.3) is 0 Å². The molecule has 0 aliphatic heterocycles. The summed E-state index contributed by atoms with van der Waals surface area (Å²) in [6.45, 7) is 1.78. The van der Waals surface area contributed by atoms with Gasteiger partial charge in [0.05, 0.1) is 0 Å². The topological polar surface area (TPSA) is 9.23 Å². The highest BCUT2D eigenvalue weighted by atomic mass is 79.9. The second-order valence-corrected chi connectivity index (χ2v) is 3.54. The van der Waals surface area contributed by atoms with E-state index in [9.17, 15) is 13.2 Å². The molecule has 0 saturated heterocycles. The zero-order chi connectivity index (χ0) is 11.5. The lowest BCUT2D eigenvalue weighted by Gasteiger charge is -2.13. The van der Waals surface area contributed by atoms with Gasteiger partial charge in [0.2, 0.25) is 0 Å². The second-order valence-electron chi connectivity index (χ2n) is 2.98. The van der Waals surface area contributed by atoms with Crippen LogP contribution in [0, 0.1) is 0 Å². The molecule has 0 atom stereocenters. The maximum absolute atomic E-state index is 12.1. The lowest BCUT2D eigenvalue weighted by Crippen LogP contribution is -2.18. The zero-order valence-corrected chi connectivity index (χ0v) is 9.65. The first-order valence-electron chi connectivity index (χ1n) is 4.39. The van der Waals surface area contributed by atoms with Crippen LogP contribution in [0.1, 0.15) is 18.1 Å². The van der Waals surface area contributed by atoms with Crippen molar-refractivity contribution in [3.63, 3.8) is 0 Å². The molecule has 0 aromatic heterocycles. The fourth-order valence-corrected chi connectivity index (χ4v) is 1.54. The summed E-state index contributed by atoms with van der Waals surface area (Å²) >= 11 is 3.18. The molecule has 0 spiro atoms. The maximum Gasteiger partial charge on any atom is 0.573 e. The Bertz CT molecular complexity index is 336. The minimum absolute atomic E-state index is 0.109. The Balaban J connectivity index is 3.01. The third-order valence-electron chi connectivity index (χ3n) is 1.89. The predicted molar refractivity (Wildman–Crippen MR) is 55.1 cm³/mol. The predicted octanol–water partition coefficient (Wildman–Crippen LogP) is 4.04. The largest absolute Gasteiger partial charge is 0.573 e. The molecule has 0 heterocycles. The van der Waals surface area contributed by atoms with E-state index in [4.69, 9.17) is 0 Å². The minimum Gasteiger partial charge on any atom is -0.405 e. The standard InChI is InChI=1S/C10H10BrF3O/c1-2-8-4-3-7(6-11)5-9(8)15-10(12,13)14/h3-5H,2,6H2,1H3. The van der Waals surface area contributed by atoms with Crippen LogP contribution in [0.3, 0.4) is 0 Å². The summed E-state index contributed by atoms with van der Waals surface area (Å²) < 4.78 is 40.1. The number of ether oxygens (including phenoxy) is 1. The molecule has 84 valence electrons. The Morgan fingerprint density at radius 3 is 2.47 bits per heavy atom. The average molecular weight is 283 g/mol. The van der Waals surface area contributed by atoms with E-state index >= 15 is 0 Å². The molecule has 0 amide bonds. The zero-order valence-electron chi connectivity index (χ0n) is 8.07. The number of aryl methyl sites for hydroxylation is 1. The lowest BCUT2D eigenvalue weighted by atomic mass is 10.1. The molecule has 0 fully saturated rings. The van der Waals surface area contributed by atoms with Crippen molar-refractivity contribution < 1.29 is 17.9 Å². The molecule has 1 aromatic rings. The molecule has 0 bridgehead atoms. The first kappa shape index (κ1) is 12.4. The maximum atomic E-state index is 12.1. The van der Waals surface area contributed by atoms with E-state index in [0.717, 1.165) is 5.56 Å². The van der Waals surface area contributed by atoms with E-state index in [-0.39, 0.29) is 5.75 Å². The average Bonchev–Trinajstić information content (AvgIpc) is 2.15. The highest BCUT2D eigenvalue weighted by Gasteiger charge is 2.31. The summed E-state index contributed by atoms with van der Waals surface area (Å²) in [6.07, 6.45) is -4.12. The van der Waals surface area contributed by atoms with Gasteiger partial charge in [-0.25, -0.2) is 0 Å². The quantitative estimate of drug-likeness (QED) is 0.761. The van der Waals surface area contributed by atoms with Gasteiger partial charge in [-0.05, 0) is 23.6 Å². The number of rotatable bonds is 3. The lowest BCUT2D eigenvalue weighted by molar-refractivity contribution is -0.274. The third kappa shape index (κ3) is 3.74. The first-order chi connectivity index (χ1) is 6.96. The molecular formula is C10H10BrF3O. The first-order valence-corrected chi connectivity index (χ1v) is 5.52. The highest BCUT2D eigenvalue weighted by molar-refractivity contribution is 9.08. The van der Waals surface area contributed by atoms with Crippen molar-refractivity contribution >= 4 is 15.9 Å². The van der Waals surface area contributed by atoms with Gasteiger partial charge >= 0.3 is 6.36 Å². The van der Waals surface area contributed by atoms with Crippen molar-refractivity contribution in [2.24, 2.45) is 0 Å². The van der Waals surface area contributed by atoms with Gasteiger partial charge in [-0.15, -0.1) is 13.2 Å². The third-order valence-corrected chi connectivity index (χ3v) is 2.54. The van der Waals surface area contributed by atoms with Crippen LogP contribution < -0.4 is 4.74 Å². The van der Waals surface area contributed by atoms with E-state index in [2.05, 4.69) is 20.7 Å². The highest BCUT2D eigenvalue weighted by Crippen LogP contribution is 2.28. The van der Waals surface area contributed by atoms with Crippen molar-refractivity contribution in [2.75, 3.05) is 0 Å². The summed E-state index contributed by atoms with van der Waals surface area (Å²) in [5.41, 5.74) is 1.31. The summed E-state index contributed by atoms with van der Waals surface area (Å²) in [5.74, 6) is -0.109. The van der Waals surface area contributed by atoms with E-state index in [0.29, 0.717) is 17.3 Å². The van der Waals surface area contributed by atoms with Gasteiger partial charge in [-0.2, -0.15) is 0 Å². The molecule has 1 aromatic carbocycles. The van der Waals surface area contributed by atoms with Crippen LogP contribution in [-0.2, 0) is 11.8 Å². The van der Waals surface area contributed by atoms with Gasteiger partial charge in [0.15, 0.2) is 0 Å². The molecule has 1 rings (SSSR count). The van der Waals surface area contributed by atoms with E-state index in [1.807, 2.05) is 0 Å². The van der Waals surface area contributed by atoms with E-state index < -0.39 is 6.36 Å². The van der Waals surface area contributed by atoms with Crippen molar-refractivity contribution in [2.45, 2.75) is 25.0 Å². The minimum atomic E-state index is -4.63. The molecule has 0 N–H and O–H groups in total. The van der Waals surface area contributed by atoms with Crippen LogP contribution in [0.4, 0.5) is 13.2 Å². The van der Waals surface area contributed by atoms with Crippen molar-refractivity contribution in [3.05, 3.63) is 29.3 Å². The van der Waals surface area contributed by atoms with Crippen molar-refractivity contribution in [1.29, 1.82) is 0 Å². The molecule has 0 aliphatic rings. The molecule has 15 heavy (non-hydrogen) atoms. The number of hydrogen-bond donors (Lipinski definition) is 0. The number of hydrogen-bond acceptors (Lipinski definition) is 1. The van der Waals surface area contributed by atoms with Crippen LogP contribution in [0.5, 0.6) is 5.75 Å². The van der Waals surface area contributed by atoms with Crippen molar-refractivity contribution in [3.8, 4) is 5.75 Å². The Hall–Kier alpha value is -0.710. The van der Waals surface area contributed by atoms with Gasteiger partial charge in [0.1, 0.15) is 5.75 Å². The normalized spacial score (nSPS) is 11.5. The molecule has 5 heteroatoms. The second kappa shape index (κ2) is 4.88. The summed E-state index contributed by atoms with van der Waals surface area (Å²) in [5, 5.41) is 0.505. The van der Waals surface area contributed by atoms with Crippen LogP contribution in [0.25, 0.3) is 0 Å². The SMILES string of the molecule is CCc1ccc(CBr)cc1OC(F)(F)F. The molecule has 0 aliphatic carbocycles. The van der Waals surface area contributed by atoms with Crippen LogP contribution in [0.15, 0.2) is 18.2 Å². The fourth-order valence-electron chi connectivity index (χ4n) is 1.19. The smallest absolute Gasteiger partial charge is 0.405 e. The number of halogens is 4. The Morgan fingerprint density at radius 2 is 2.00 bits per heavy atom. The molecule has 1 nitrogen and oxygen atoms in total. The Kier molecular flexibility index (Phi) is 4.02. The fraction of sp³-hybridized carbons (Fsp3) is 0.400. The van der Waals surface area contributed by atoms with Crippen LogP contribution in [0.2, 0.25) is 0 Å². The molecule has 0 unspecified atom stereocenters.